The molecular formula is C14H10IN3O2S. The zero-order chi connectivity index (χ0) is 14.8. The van der Waals surface area contributed by atoms with Gasteiger partial charge in [-0.3, -0.25) is 4.79 Å². The predicted molar refractivity (Wildman–Crippen MR) is 89.5 cm³/mol. The Morgan fingerprint density at radius 3 is 2.90 bits per heavy atom. The van der Waals surface area contributed by atoms with E-state index in [1.165, 1.54) is 6.39 Å². The van der Waals surface area contributed by atoms with Gasteiger partial charge in [-0.05, 0) is 53.3 Å². The van der Waals surface area contributed by atoms with Crippen molar-refractivity contribution in [2.75, 3.05) is 5.32 Å². The number of anilines is 1. The van der Waals surface area contributed by atoms with E-state index in [2.05, 4.69) is 38.1 Å². The first-order valence-corrected chi connectivity index (χ1v) is 8.02. The van der Waals surface area contributed by atoms with Gasteiger partial charge in [-0.1, -0.05) is 6.07 Å². The average Bonchev–Trinajstić information content (AvgIpc) is 3.12. The number of rotatable bonds is 3. The van der Waals surface area contributed by atoms with Crippen molar-refractivity contribution in [1.82, 2.24) is 10.2 Å². The number of aromatic nitrogens is 2. The van der Waals surface area contributed by atoms with Gasteiger partial charge < -0.3 is 9.73 Å². The fraction of sp³-hybridized carbons (Fsp3) is 0.0714. The molecule has 0 fully saturated rings. The number of carbonyl (C=O) groups excluding carboxylic acids is 1. The molecule has 0 aliphatic carbocycles. The van der Waals surface area contributed by atoms with Crippen LogP contribution in [0.25, 0.3) is 11.5 Å². The van der Waals surface area contributed by atoms with Crippen molar-refractivity contribution in [3.63, 3.8) is 0 Å². The molecule has 21 heavy (non-hydrogen) atoms. The number of benzene rings is 1. The number of hydrogen-bond acceptors (Lipinski definition) is 5. The Labute approximate surface area is 138 Å². The highest BCUT2D eigenvalue weighted by Crippen LogP contribution is 2.25. The highest BCUT2D eigenvalue weighted by molar-refractivity contribution is 14.1. The second-order valence-corrected chi connectivity index (χ2v) is 7.17. The molecule has 0 radical (unpaired) electrons. The third-order valence-electron chi connectivity index (χ3n) is 2.92. The van der Waals surface area contributed by atoms with Crippen LogP contribution in [-0.4, -0.2) is 16.1 Å². The van der Waals surface area contributed by atoms with Gasteiger partial charge in [0.1, 0.15) is 0 Å². The highest BCUT2D eigenvalue weighted by atomic mass is 127. The molecule has 0 aliphatic rings. The van der Waals surface area contributed by atoms with E-state index in [1.807, 2.05) is 36.6 Å². The average molecular weight is 411 g/mol. The molecule has 0 spiro atoms. The van der Waals surface area contributed by atoms with E-state index < -0.39 is 0 Å². The third kappa shape index (κ3) is 3.13. The van der Waals surface area contributed by atoms with E-state index in [-0.39, 0.29) is 5.91 Å². The van der Waals surface area contributed by atoms with E-state index in [9.17, 15) is 4.79 Å². The summed E-state index contributed by atoms with van der Waals surface area (Å²) in [5.74, 6) is 0.301. The summed E-state index contributed by atoms with van der Waals surface area (Å²) < 4.78 is 6.25. The lowest BCUT2D eigenvalue weighted by molar-refractivity contribution is 0.102. The van der Waals surface area contributed by atoms with Crippen molar-refractivity contribution in [3.05, 3.63) is 50.0 Å². The number of halogens is 1. The first-order valence-electron chi connectivity index (χ1n) is 6.06. The summed E-state index contributed by atoms with van der Waals surface area (Å²) in [6.45, 7) is 1.94. The van der Waals surface area contributed by atoms with Crippen LogP contribution in [0.3, 0.4) is 0 Å². The summed E-state index contributed by atoms with van der Waals surface area (Å²) in [6, 6.07) is 7.48. The quantitative estimate of drug-likeness (QED) is 0.663. The molecule has 1 N–H and O–H groups in total. The topological polar surface area (TPSA) is 68.0 Å². The van der Waals surface area contributed by atoms with Gasteiger partial charge in [0, 0.05) is 16.6 Å². The van der Waals surface area contributed by atoms with E-state index >= 15 is 0 Å². The summed E-state index contributed by atoms with van der Waals surface area (Å²) in [6.07, 6.45) is 1.28. The molecule has 0 unspecified atom stereocenters. The summed E-state index contributed by atoms with van der Waals surface area (Å²) in [4.78, 5) is 12.2. The Hall–Kier alpha value is -1.74. The Kier molecular flexibility index (Phi) is 4.02. The van der Waals surface area contributed by atoms with E-state index in [0.717, 1.165) is 19.7 Å². The van der Waals surface area contributed by atoms with Crippen molar-refractivity contribution in [2.45, 2.75) is 6.92 Å². The summed E-state index contributed by atoms with van der Waals surface area (Å²) in [5, 5.41) is 12.3. The van der Waals surface area contributed by atoms with Gasteiger partial charge in [-0.25, -0.2) is 0 Å². The molecule has 1 amide bonds. The van der Waals surface area contributed by atoms with Crippen molar-refractivity contribution in [2.24, 2.45) is 0 Å². The number of nitrogens with zero attached hydrogens (tertiary/aromatic N) is 2. The molecule has 0 atom stereocenters. The van der Waals surface area contributed by atoms with E-state index in [4.69, 9.17) is 4.42 Å². The molecule has 0 bridgehead atoms. The minimum Gasteiger partial charge on any atom is -0.423 e. The lowest BCUT2D eigenvalue weighted by Gasteiger charge is -2.08. The number of amides is 1. The van der Waals surface area contributed by atoms with Crippen LogP contribution in [0.1, 0.15) is 15.9 Å². The van der Waals surface area contributed by atoms with Crippen LogP contribution in [-0.2, 0) is 0 Å². The van der Waals surface area contributed by atoms with Crippen LogP contribution in [0.2, 0.25) is 0 Å². The largest absolute Gasteiger partial charge is 0.423 e. The van der Waals surface area contributed by atoms with Gasteiger partial charge in [0.05, 0.1) is 8.45 Å². The molecule has 0 saturated carbocycles. The molecule has 106 valence electrons. The summed E-state index contributed by atoms with van der Waals surface area (Å²) in [5.41, 5.74) is 3.13. The van der Waals surface area contributed by atoms with Crippen LogP contribution in [0.4, 0.5) is 5.69 Å². The van der Waals surface area contributed by atoms with Crippen molar-refractivity contribution in [1.29, 1.82) is 0 Å². The molecule has 2 heterocycles. The molecule has 0 aliphatic heterocycles. The van der Waals surface area contributed by atoms with Crippen LogP contribution in [0.5, 0.6) is 0 Å². The number of nitrogens with one attached hydrogen (secondary N) is 1. The van der Waals surface area contributed by atoms with Crippen molar-refractivity contribution >= 4 is 45.5 Å². The van der Waals surface area contributed by atoms with Gasteiger partial charge in [0.25, 0.3) is 5.91 Å². The van der Waals surface area contributed by atoms with Crippen LogP contribution < -0.4 is 5.32 Å². The summed E-state index contributed by atoms with van der Waals surface area (Å²) in [7, 11) is 0. The molecule has 3 aromatic rings. The number of hydrogen-bond donors (Lipinski definition) is 1. The van der Waals surface area contributed by atoms with Crippen molar-refractivity contribution < 1.29 is 9.21 Å². The number of thiophene rings is 1. The monoisotopic (exact) mass is 411 g/mol. The third-order valence-corrected chi connectivity index (χ3v) is 4.71. The number of aryl methyl sites for hydroxylation is 1. The molecular weight excluding hydrogens is 401 g/mol. The van der Waals surface area contributed by atoms with Crippen LogP contribution >= 0.6 is 33.9 Å². The fourth-order valence-electron chi connectivity index (χ4n) is 1.81. The first kappa shape index (κ1) is 14.2. The van der Waals surface area contributed by atoms with Gasteiger partial charge >= 0.3 is 0 Å². The van der Waals surface area contributed by atoms with Crippen LogP contribution in [0, 0.1) is 9.81 Å². The second kappa shape index (κ2) is 5.94. The second-order valence-electron chi connectivity index (χ2n) is 4.37. The lowest BCUT2D eigenvalue weighted by atomic mass is 10.1. The van der Waals surface area contributed by atoms with Gasteiger partial charge in [0.15, 0.2) is 0 Å². The molecule has 1 aromatic carbocycles. The first-order chi connectivity index (χ1) is 10.1. The van der Waals surface area contributed by atoms with Crippen molar-refractivity contribution in [3.8, 4) is 11.5 Å². The Bertz CT molecular complexity index is 783. The normalized spacial score (nSPS) is 10.6. The Morgan fingerprint density at radius 1 is 1.38 bits per heavy atom. The Morgan fingerprint density at radius 2 is 2.24 bits per heavy atom. The molecule has 5 nitrogen and oxygen atoms in total. The van der Waals surface area contributed by atoms with Crippen LogP contribution in [0.15, 0.2) is 40.5 Å². The van der Waals surface area contributed by atoms with Gasteiger partial charge in [-0.2, -0.15) is 0 Å². The minimum atomic E-state index is -0.125. The van der Waals surface area contributed by atoms with Gasteiger partial charge in [0.2, 0.25) is 12.3 Å². The van der Waals surface area contributed by atoms with Gasteiger partial charge in [-0.15, -0.1) is 21.5 Å². The zero-order valence-electron chi connectivity index (χ0n) is 11.0. The Balaban J connectivity index is 1.88. The minimum absolute atomic E-state index is 0.125. The number of carbonyl (C=O) groups is 1. The van der Waals surface area contributed by atoms with E-state index in [0.29, 0.717) is 11.5 Å². The summed E-state index contributed by atoms with van der Waals surface area (Å²) >= 11 is 3.74. The maximum absolute atomic E-state index is 12.2. The zero-order valence-corrected chi connectivity index (χ0v) is 13.9. The maximum Gasteiger partial charge on any atom is 0.256 e. The maximum atomic E-state index is 12.2. The standard InChI is InChI=1S/C14H10IN3O2S/c1-8-2-3-9(14-18-16-7-20-14)4-11(8)17-13(19)10-5-12(15)21-6-10/h2-7H,1H3,(H,17,19). The highest BCUT2D eigenvalue weighted by Gasteiger charge is 2.12. The molecule has 7 heteroatoms. The molecule has 0 saturated heterocycles. The SMILES string of the molecule is Cc1ccc(-c2nnco2)cc1NC(=O)c1csc(I)c1. The predicted octanol–water partition coefficient (Wildman–Crippen LogP) is 3.96. The lowest BCUT2D eigenvalue weighted by Crippen LogP contribution is -2.11. The smallest absolute Gasteiger partial charge is 0.256 e. The molecule has 2 aromatic heterocycles. The van der Waals surface area contributed by atoms with E-state index in [1.54, 1.807) is 11.3 Å². The molecule has 3 rings (SSSR count). The fourth-order valence-corrected chi connectivity index (χ4v) is 3.14.